The molecule has 0 fully saturated rings. The number of H-pyrrole nitrogens is 1. The van der Waals surface area contributed by atoms with Crippen molar-refractivity contribution >= 4 is 30.0 Å². The smallest absolute Gasteiger partial charge is 0.216 e. The fourth-order valence-electron chi connectivity index (χ4n) is 2.57. The number of aryl methyl sites for hydroxylation is 1. The Kier molecular flexibility index (Phi) is 6.79. The second kappa shape index (κ2) is 9.48. The zero-order valence-electron chi connectivity index (χ0n) is 15.1. The highest BCUT2D eigenvalue weighted by Crippen LogP contribution is 2.19. The van der Waals surface area contributed by atoms with Gasteiger partial charge in [-0.25, -0.2) is 0 Å². The first-order valence-corrected chi connectivity index (χ1v) is 9.63. The van der Waals surface area contributed by atoms with Gasteiger partial charge in [0.2, 0.25) is 4.77 Å². The second-order valence-electron chi connectivity index (χ2n) is 6.06. The Morgan fingerprint density at radius 3 is 2.93 bits per heavy atom. The summed E-state index contributed by atoms with van der Waals surface area (Å²) in [4.78, 5) is 0. The number of ether oxygens (including phenoxy) is 1. The molecule has 0 aliphatic carbocycles. The molecule has 0 bridgehead atoms. The zero-order valence-corrected chi connectivity index (χ0v) is 16.6. The predicted octanol–water partition coefficient (Wildman–Crippen LogP) is 5.40. The molecule has 1 aromatic heterocycles. The molecule has 0 aliphatic heterocycles. The Morgan fingerprint density at radius 1 is 1.26 bits per heavy atom. The van der Waals surface area contributed by atoms with Gasteiger partial charge in [-0.2, -0.15) is 14.9 Å². The molecule has 0 saturated carbocycles. The Balaban J connectivity index is 1.77. The van der Waals surface area contributed by atoms with Crippen LogP contribution in [-0.4, -0.2) is 21.1 Å². The van der Waals surface area contributed by atoms with E-state index in [9.17, 15) is 0 Å². The van der Waals surface area contributed by atoms with E-state index in [0.717, 1.165) is 42.0 Å². The summed E-state index contributed by atoms with van der Waals surface area (Å²) in [6, 6.07) is 15.4. The van der Waals surface area contributed by atoms with Crippen molar-refractivity contribution in [2.45, 2.75) is 32.8 Å². The zero-order chi connectivity index (χ0) is 19.1. The van der Waals surface area contributed by atoms with Crippen LogP contribution in [0.1, 0.15) is 36.7 Å². The van der Waals surface area contributed by atoms with E-state index in [0.29, 0.717) is 16.4 Å². The number of hydrogen-bond acceptors (Lipinski definition) is 4. The SMILES string of the molecule is CCCCc1n[nH]c(=S)n1/N=C/c1ccccc1OCc1cccc(Cl)c1. The molecule has 0 saturated heterocycles. The van der Waals surface area contributed by atoms with Gasteiger partial charge < -0.3 is 4.74 Å². The van der Waals surface area contributed by atoms with Crippen LogP contribution in [0.15, 0.2) is 53.6 Å². The molecule has 1 N–H and O–H groups in total. The van der Waals surface area contributed by atoms with Gasteiger partial charge in [-0.3, -0.25) is 5.10 Å². The van der Waals surface area contributed by atoms with Crippen LogP contribution in [-0.2, 0) is 13.0 Å². The lowest BCUT2D eigenvalue weighted by atomic mass is 10.2. The third-order valence-corrected chi connectivity index (χ3v) is 4.49. The van der Waals surface area contributed by atoms with E-state index in [-0.39, 0.29) is 0 Å². The largest absolute Gasteiger partial charge is 0.488 e. The van der Waals surface area contributed by atoms with E-state index in [1.165, 1.54) is 0 Å². The van der Waals surface area contributed by atoms with Crippen molar-refractivity contribution in [1.29, 1.82) is 0 Å². The number of benzene rings is 2. The van der Waals surface area contributed by atoms with Crippen molar-refractivity contribution in [1.82, 2.24) is 14.9 Å². The number of rotatable bonds is 8. The van der Waals surface area contributed by atoms with Gasteiger partial charge in [-0.05, 0) is 48.5 Å². The first-order chi connectivity index (χ1) is 13.2. The van der Waals surface area contributed by atoms with E-state index in [4.69, 9.17) is 28.6 Å². The molecule has 7 heteroatoms. The third kappa shape index (κ3) is 5.28. The van der Waals surface area contributed by atoms with Crippen molar-refractivity contribution in [3.05, 3.63) is 75.3 Å². The minimum atomic E-state index is 0.429. The monoisotopic (exact) mass is 400 g/mol. The topological polar surface area (TPSA) is 55.2 Å². The highest BCUT2D eigenvalue weighted by molar-refractivity contribution is 7.71. The van der Waals surface area contributed by atoms with Crippen molar-refractivity contribution in [3.63, 3.8) is 0 Å². The number of unbranched alkanes of at least 4 members (excludes halogenated alkanes) is 1. The average Bonchev–Trinajstić information content (AvgIpc) is 3.03. The van der Waals surface area contributed by atoms with Gasteiger partial charge in [0.05, 0.1) is 6.21 Å². The molecule has 0 atom stereocenters. The maximum Gasteiger partial charge on any atom is 0.216 e. The van der Waals surface area contributed by atoms with Gasteiger partial charge in [0.1, 0.15) is 12.4 Å². The number of nitrogens with one attached hydrogen (secondary N) is 1. The van der Waals surface area contributed by atoms with Gasteiger partial charge in [0.15, 0.2) is 5.82 Å². The third-order valence-electron chi connectivity index (χ3n) is 3.99. The fraction of sp³-hybridized carbons (Fsp3) is 0.250. The first kappa shape index (κ1) is 19.3. The Hall–Kier alpha value is -2.44. The summed E-state index contributed by atoms with van der Waals surface area (Å²) in [5.41, 5.74) is 1.87. The van der Waals surface area contributed by atoms with E-state index in [1.807, 2.05) is 48.5 Å². The Bertz CT molecular complexity index is 980. The maximum atomic E-state index is 6.03. The molecule has 1 heterocycles. The molecule has 0 unspecified atom stereocenters. The summed E-state index contributed by atoms with van der Waals surface area (Å²) < 4.78 is 8.11. The average molecular weight is 401 g/mol. The Labute approximate surface area is 168 Å². The second-order valence-corrected chi connectivity index (χ2v) is 6.88. The van der Waals surface area contributed by atoms with E-state index in [2.05, 4.69) is 22.2 Å². The molecule has 0 radical (unpaired) electrons. The molecule has 140 valence electrons. The summed E-state index contributed by atoms with van der Waals surface area (Å²) in [7, 11) is 0. The molecule has 3 aromatic rings. The number of aromatic amines is 1. The van der Waals surface area contributed by atoms with E-state index in [1.54, 1.807) is 10.9 Å². The van der Waals surface area contributed by atoms with Crippen LogP contribution in [0.25, 0.3) is 0 Å². The lowest BCUT2D eigenvalue weighted by Gasteiger charge is -2.09. The van der Waals surface area contributed by atoms with Crippen molar-refractivity contribution in [3.8, 4) is 5.75 Å². The minimum absolute atomic E-state index is 0.429. The molecule has 0 aliphatic rings. The summed E-state index contributed by atoms with van der Waals surface area (Å²) in [6.45, 7) is 2.57. The van der Waals surface area contributed by atoms with Crippen LogP contribution in [0, 0.1) is 4.77 Å². The molecule has 2 aromatic carbocycles. The summed E-state index contributed by atoms with van der Waals surface area (Å²) in [5, 5.41) is 12.3. The molecule has 0 spiro atoms. The number of aromatic nitrogens is 3. The Morgan fingerprint density at radius 2 is 2.11 bits per heavy atom. The van der Waals surface area contributed by atoms with Crippen molar-refractivity contribution < 1.29 is 4.74 Å². The quantitative estimate of drug-likeness (QED) is 0.407. The number of halogens is 1. The van der Waals surface area contributed by atoms with E-state index >= 15 is 0 Å². The molecule has 3 rings (SSSR count). The standard InChI is InChI=1S/C20H21ClN4OS/c1-2-3-11-19-23-24-20(27)25(19)22-13-16-8-4-5-10-18(16)26-14-15-7-6-9-17(21)12-15/h4-10,12-13H,2-3,11,14H2,1H3,(H,24,27)/b22-13+. The lowest BCUT2D eigenvalue weighted by molar-refractivity contribution is 0.306. The van der Waals surface area contributed by atoms with Crippen LogP contribution >= 0.6 is 23.8 Å². The lowest BCUT2D eigenvalue weighted by Crippen LogP contribution is -2.01. The maximum absolute atomic E-state index is 6.03. The van der Waals surface area contributed by atoms with Crippen molar-refractivity contribution in [2.24, 2.45) is 5.10 Å². The van der Waals surface area contributed by atoms with Crippen LogP contribution < -0.4 is 4.74 Å². The van der Waals surface area contributed by atoms with Gasteiger partial charge in [-0.15, -0.1) is 0 Å². The van der Waals surface area contributed by atoms with Gasteiger partial charge in [-0.1, -0.05) is 49.2 Å². The highest BCUT2D eigenvalue weighted by Gasteiger charge is 2.06. The number of nitrogens with zero attached hydrogens (tertiary/aromatic N) is 3. The minimum Gasteiger partial charge on any atom is -0.488 e. The molecule has 27 heavy (non-hydrogen) atoms. The van der Waals surface area contributed by atoms with Crippen molar-refractivity contribution in [2.75, 3.05) is 0 Å². The first-order valence-electron chi connectivity index (χ1n) is 8.84. The normalized spacial score (nSPS) is 11.2. The van der Waals surface area contributed by atoms with Crippen LogP contribution in [0.4, 0.5) is 0 Å². The summed E-state index contributed by atoms with van der Waals surface area (Å²) in [6.07, 6.45) is 4.69. The van der Waals surface area contributed by atoms with Gasteiger partial charge >= 0.3 is 0 Å². The molecule has 0 amide bonds. The van der Waals surface area contributed by atoms with Gasteiger partial charge in [0.25, 0.3) is 0 Å². The predicted molar refractivity (Wildman–Crippen MR) is 111 cm³/mol. The van der Waals surface area contributed by atoms with Gasteiger partial charge in [0, 0.05) is 17.0 Å². The highest BCUT2D eigenvalue weighted by atomic mass is 35.5. The molecular weight excluding hydrogens is 380 g/mol. The number of para-hydroxylation sites is 1. The van der Waals surface area contributed by atoms with Crippen LogP contribution in [0.3, 0.4) is 0 Å². The number of hydrogen-bond donors (Lipinski definition) is 1. The fourth-order valence-corrected chi connectivity index (χ4v) is 2.98. The molecular formula is C20H21ClN4OS. The van der Waals surface area contributed by atoms with E-state index < -0.39 is 0 Å². The summed E-state index contributed by atoms with van der Waals surface area (Å²) >= 11 is 11.3. The molecule has 5 nitrogen and oxygen atoms in total. The van der Waals surface area contributed by atoms with Crippen LogP contribution in [0.2, 0.25) is 5.02 Å². The van der Waals surface area contributed by atoms with Crippen LogP contribution in [0.5, 0.6) is 5.75 Å². The summed E-state index contributed by atoms with van der Waals surface area (Å²) in [5.74, 6) is 1.57.